The summed E-state index contributed by atoms with van der Waals surface area (Å²) in [6.45, 7) is 2.73. The fourth-order valence-corrected chi connectivity index (χ4v) is 4.77. The van der Waals surface area contributed by atoms with Gasteiger partial charge in [-0.3, -0.25) is 5.41 Å². The Kier molecular flexibility index (Phi) is 6.53. The molecule has 0 saturated carbocycles. The van der Waals surface area contributed by atoms with Crippen molar-refractivity contribution in [1.82, 2.24) is 4.90 Å². The van der Waals surface area contributed by atoms with Crippen LogP contribution in [0.15, 0.2) is 48.5 Å². The monoisotopic (exact) mass is 462 g/mol. The van der Waals surface area contributed by atoms with E-state index >= 15 is 0 Å². The third-order valence-electron chi connectivity index (χ3n) is 7.03. The Balaban J connectivity index is 1.45. The molecule has 1 N–H and O–H groups in total. The zero-order chi connectivity index (χ0) is 23.7. The van der Waals surface area contributed by atoms with E-state index < -0.39 is 17.3 Å². The largest absolute Gasteiger partial charge is 0.416 e. The second kappa shape index (κ2) is 9.08. The summed E-state index contributed by atoms with van der Waals surface area (Å²) in [5, 5.41) is 8.70. The van der Waals surface area contributed by atoms with E-state index in [0.717, 1.165) is 28.8 Å². The third kappa shape index (κ3) is 4.52. The van der Waals surface area contributed by atoms with E-state index in [0.29, 0.717) is 51.6 Å². The van der Waals surface area contributed by atoms with E-state index in [9.17, 15) is 13.2 Å². The highest BCUT2D eigenvalue weighted by atomic mass is 19.4. The van der Waals surface area contributed by atoms with Crippen molar-refractivity contribution in [2.45, 2.75) is 30.0 Å². The first-order chi connectivity index (χ1) is 15.7. The summed E-state index contributed by atoms with van der Waals surface area (Å²) in [5.74, 6) is 0.441. The first-order valence-corrected chi connectivity index (χ1v) is 11.0. The number of benzene rings is 2. The highest BCUT2D eigenvalue weighted by Crippen LogP contribution is 2.38. The molecule has 0 unspecified atom stereocenters. The quantitative estimate of drug-likeness (QED) is 0.504. The molecule has 2 saturated heterocycles. The molecule has 2 aliphatic heterocycles. The maximum absolute atomic E-state index is 13.0. The van der Waals surface area contributed by atoms with E-state index in [1.165, 1.54) is 0 Å². The highest BCUT2D eigenvalue weighted by Gasteiger charge is 2.41. The Morgan fingerprint density at radius 3 is 2.00 bits per heavy atom. The highest BCUT2D eigenvalue weighted by molar-refractivity contribution is 5.96. The van der Waals surface area contributed by atoms with Crippen LogP contribution in [-0.2, 0) is 31.4 Å². The van der Waals surface area contributed by atoms with Crippen LogP contribution in [0.5, 0.6) is 0 Å². The number of likely N-dealkylation sites (tertiary alicyclic amines) is 1. The average Bonchev–Trinajstić information content (AvgIpc) is 2.79. The van der Waals surface area contributed by atoms with Crippen LogP contribution in [0.3, 0.4) is 0 Å². The molecule has 0 radical (unpaired) electrons. The van der Waals surface area contributed by atoms with Gasteiger partial charge in [0.05, 0.1) is 25.4 Å². The molecule has 0 aromatic heterocycles. The number of piperidine rings is 1. The SMILES string of the molecule is COCC1(c2ccc(C(F)(F)F)cc2)CCN(C(=N)c2ccc(C3(OC)COC3)cc2)CC1. The van der Waals surface area contributed by atoms with Crippen LogP contribution in [0.2, 0.25) is 0 Å². The van der Waals surface area contributed by atoms with E-state index in [4.69, 9.17) is 19.6 Å². The fourth-order valence-electron chi connectivity index (χ4n) is 4.77. The lowest BCUT2D eigenvalue weighted by molar-refractivity contribution is -0.202. The van der Waals surface area contributed by atoms with Crippen LogP contribution >= 0.6 is 0 Å². The molecule has 5 nitrogen and oxygen atoms in total. The van der Waals surface area contributed by atoms with Crippen molar-refractivity contribution in [3.05, 3.63) is 70.8 Å². The predicted octanol–water partition coefficient (Wildman–Crippen LogP) is 4.58. The molecular formula is C25H29F3N2O3. The molecule has 0 bridgehead atoms. The van der Waals surface area contributed by atoms with Crippen molar-refractivity contribution < 1.29 is 27.4 Å². The van der Waals surface area contributed by atoms with Crippen molar-refractivity contribution >= 4 is 5.84 Å². The molecule has 8 heteroatoms. The van der Waals surface area contributed by atoms with Crippen LogP contribution in [0.1, 0.15) is 35.1 Å². The van der Waals surface area contributed by atoms with Gasteiger partial charge in [-0.05, 0) is 36.1 Å². The number of alkyl halides is 3. The van der Waals surface area contributed by atoms with Crippen LogP contribution in [0.25, 0.3) is 0 Å². The zero-order valence-corrected chi connectivity index (χ0v) is 18.9. The number of halogens is 3. The zero-order valence-electron chi connectivity index (χ0n) is 18.9. The molecule has 2 heterocycles. The molecule has 2 aromatic carbocycles. The second-order valence-electron chi connectivity index (χ2n) is 8.89. The van der Waals surface area contributed by atoms with Gasteiger partial charge in [0.15, 0.2) is 0 Å². The number of ether oxygens (including phenoxy) is 3. The van der Waals surface area contributed by atoms with Crippen LogP contribution in [0.4, 0.5) is 13.2 Å². The lowest BCUT2D eigenvalue weighted by Gasteiger charge is -2.43. The van der Waals surface area contributed by atoms with Gasteiger partial charge in [0.25, 0.3) is 0 Å². The van der Waals surface area contributed by atoms with E-state index in [1.807, 2.05) is 29.2 Å². The van der Waals surface area contributed by atoms with E-state index in [-0.39, 0.29) is 5.41 Å². The summed E-state index contributed by atoms with van der Waals surface area (Å²) in [6.07, 6.45) is -2.97. The molecule has 178 valence electrons. The summed E-state index contributed by atoms with van der Waals surface area (Å²) in [7, 11) is 3.29. The molecule has 0 amide bonds. The Morgan fingerprint density at radius 2 is 1.55 bits per heavy atom. The topological polar surface area (TPSA) is 54.8 Å². The first kappa shape index (κ1) is 23.7. The van der Waals surface area contributed by atoms with Crippen LogP contribution < -0.4 is 0 Å². The van der Waals surface area contributed by atoms with Gasteiger partial charge >= 0.3 is 6.18 Å². The summed E-state index contributed by atoms with van der Waals surface area (Å²) in [6, 6.07) is 13.3. The van der Waals surface area contributed by atoms with Gasteiger partial charge in [-0.2, -0.15) is 13.2 Å². The van der Waals surface area contributed by atoms with Gasteiger partial charge in [0.1, 0.15) is 11.4 Å². The number of hydrogen-bond donors (Lipinski definition) is 1. The van der Waals surface area contributed by atoms with Crippen molar-refractivity contribution in [2.24, 2.45) is 0 Å². The summed E-state index contributed by atoms with van der Waals surface area (Å²) in [4.78, 5) is 2.02. The normalized spacial score (nSPS) is 19.7. The second-order valence-corrected chi connectivity index (χ2v) is 8.89. The number of hydrogen-bond acceptors (Lipinski definition) is 4. The van der Waals surface area contributed by atoms with Crippen LogP contribution in [0, 0.1) is 5.41 Å². The Hall–Kier alpha value is -2.42. The number of methoxy groups -OCH3 is 2. The summed E-state index contributed by atoms with van der Waals surface area (Å²) in [5.41, 5.74) is 1.29. The fraction of sp³-hybridized carbons (Fsp3) is 0.480. The standard InChI is InChI=1S/C25H29F3N2O3/c1-31-15-23(19-7-9-21(10-8-19)25(26,27)28)11-13-30(14-12-23)22(29)18-3-5-20(6-4-18)24(32-2)16-33-17-24/h3-10,29H,11-17H2,1-2H3. The van der Waals surface area contributed by atoms with Gasteiger partial charge in [0, 0.05) is 38.3 Å². The summed E-state index contributed by atoms with van der Waals surface area (Å²) >= 11 is 0. The number of amidine groups is 1. The van der Waals surface area contributed by atoms with Crippen LogP contribution in [-0.4, -0.2) is 57.9 Å². The molecular weight excluding hydrogens is 433 g/mol. The van der Waals surface area contributed by atoms with Gasteiger partial charge in [-0.25, -0.2) is 0 Å². The average molecular weight is 463 g/mol. The molecule has 33 heavy (non-hydrogen) atoms. The molecule has 2 aliphatic rings. The molecule has 0 spiro atoms. The minimum Gasteiger partial charge on any atom is -0.384 e. The minimum atomic E-state index is -4.35. The van der Waals surface area contributed by atoms with Crippen molar-refractivity contribution in [1.29, 1.82) is 5.41 Å². The van der Waals surface area contributed by atoms with Crippen molar-refractivity contribution in [3.8, 4) is 0 Å². The number of rotatable bonds is 6. The van der Waals surface area contributed by atoms with E-state index in [1.54, 1.807) is 26.4 Å². The van der Waals surface area contributed by atoms with E-state index in [2.05, 4.69) is 0 Å². The van der Waals surface area contributed by atoms with Crippen molar-refractivity contribution in [2.75, 3.05) is 47.1 Å². The Bertz CT molecular complexity index is 956. The predicted molar refractivity (Wildman–Crippen MR) is 119 cm³/mol. The van der Waals surface area contributed by atoms with Gasteiger partial charge in [-0.1, -0.05) is 36.4 Å². The van der Waals surface area contributed by atoms with Crippen molar-refractivity contribution in [3.63, 3.8) is 0 Å². The maximum atomic E-state index is 13.0. The van der Waals surface area contributed by atoms with Gasteiger partial charge < -0.3 is 19.1 Å². The molecule has 2 aromatic rings. The lowest BCUT2D eigenvalue weighted by Crippen LogP contribution is -2.48. The number of nitrogens with zero attached hydrogens (tertiary/aromatic N) is 1. The third-order valence-corrected chi connectivity index (χ3v) is 7.03. The molecule has 4 rings (SSSR count). The maximum Gasteiger partial charge on any atom is 0.416 e. The van der Waals surface area contributed by atoms with Gasteiger partial charge in [0.2, 0.25) is 0 Å². The molecule has 0 atom stereocenters. The smallest absolute Gasteiger partial charge is 0.384 e. The lowest BCUT2D eigenvalue weighted by atomic mass is 9.73. The summed E-state index contributed by atoms with van der Waals surface area (Å²) < 4.78 is 55.3. The Morgan fingerprint density at radius 1 is 0.970 bits per heavy atom. The molecule has 0 aliphatic carbocycles. The Labute approximate surface area is 192 Å². The number of nitrogens with one attached hydrogen (secondary N) is 1. The minimum absolute atomic E-state index is 0.366. The van der Waals surface area contributed by atoms with Gasteiger partial charge in [-0.15, -0.1) is 0 Å². The molecule has 2 fully saturated rings. The first-order valence-electron chi connectivity index (χ1n) is 11.0.